The van der Waals surface area contributed by atoms with Gasteiger partial charge in [-0.15, -0.1) is 0 Å². The van der Waals surface area contributed by atoms with Gasteiger partial charge < -0.3 is 14.8 Å². The maximum absolute atomic E-state index is 12.0. The fraction of sp³-hybridized carbons (Fsp3) is 0.941. The summed E-state index contributed by atoms with van der Waals surface area (Å²) in [5, 5.41) is 3.07. The Kier molecular flexibility index (Phi) is 10.7. The van der Waals surface area contributed by atoms with Crippen LogP contribution in [-0.4, -0.2) is 37.4 Å². The molecule has 0 radical (unpaired) electrons. The number of esters is 1. The smallest absolute Gasteiger partial charge is 0.326 e. The molecule has 0 aromatic rings. The number of hydrogen-bond acceptors (Lipinski definition) is 4. The molecule has 0 aromatic heterocycles. The molecule has 126 valence electrons. The van der Waals surface area contributed by atoms with E-state index in [0.29, 0.717) is 13.0 Å². The first-order valence-electron chi connectivity index (χ1n) is 8.41. The molecule has 0 saturated heterocycles. The van der Waals surface area contributed by atoms with Crippen molar-refractivity contribution in [3.05, 3.63) is 0 Å². The van der Waals surface area contributed by atoms with E-state index in [4.69, 9.17) is 9.47 Å². The summed E-state index contributed by atoms with van der Waals surface area (Å²) in [6.45, 7) is 10.5. The molecule has 1 N–H and O–H groups in total. The highest BCUT2D eigenvalue weighted by Crippen LogP contribution is 2.19. The topological polar surface area (TPSA) is 47.6 Å². The van der Waals surface area contributed by atoms with Crippen LogP contribution in [0.1, 0.15) is 73.1 Å². The zero-order chi connectivity index (χ0) is 16.3. The molecule has 21 heavy (non-hydrogen) atoms. The average Bonchev–Trinajstić information content (AvgIpc) is 2.43. The number of hydrogen-bond donors (Lipinski definition) is 1. The van der Waals surface area contributed by atoms with E-state index in [1.807, 2.05) is 20.8 Å². The summed E-state index contributed by atoms with van der Waals surface area (Å²) < 4.78 is 11.1. The normalized spacial score (nSPS) is 17.0. The molecule has 0 bridgehead atoms. The van der Waals surface area contributed by atoms with E-state index in [0.717, 1.165) is 6.42 Å². The zero-order valence-electron chi connectivity index (χ0n) is 14.8. The van der Waals surface area contributed by atoms with Gasteiger partial charge in [-0.1, -0.05) is 32.6 Å². The quantitative estimate of drug-likeness (QED) is 0.441. The number of unbranched alkanes of at least 4 members (excludes halogenated alkanes) is 3. The van der Waals surface area contributed by atoms with Gasteiger partial charge in [0, 0.05) is 6.42 Å². The van der Waals surface area contributed by atoms with Gasteiger partial charge in [-0.2, -0.15) is 0 Å². The first-order valence-corrected chi connectivity index (χ1v) is 8.41. The van der Waals surface area contributed by atoms with Gasteiger partial charge in [0.25, 0.3) is 0 Å². The molecular weight excluding hydrogens is 266 g/mol. The van der Waals surface area contributed by atoms with E-state index < -0.39 is 5.54 Å². The van der Waals surface area contributed by atoms with Gasteiger partial charge in [-0.25, -0.2) is 0 Å². The lowest BCUT2D eigenvalue weighted by atomic mass is 9.95. The first-order chi connectivity index (χ1) is 9.89. The third-order valence-corrected chi connectivity index (χ3v) is 3.90. The van der Waals surface area contributed by atoms with Gasteiger partial charge in [-0.05, 0) is 41.2 Å². The third-order valence-electron chi connectivity index (χ3n) is 3.90. The van der Waals surface area contributed by atoms with Crippen molar-refractivity contribution in [3.63, 3.8) is 0 Å². The lowest BCUT2D eigenvalue weighted by Gasteiger charge is -2.30. The van der Waals surface area contributed by atoms with Crippen molar-refractivity contribution in [2.75, 3.05) is 13.7 Å². The Labute approximate surface area is 131 Å². The molecule has 0 aliphatic rings. The summed E-state index contributed by atoms with van der Waals surface area (Å²) in [6, 6.07) is 0. The summed E-state index contributed by atoms with van der Waals surface area (Å²) in [7, 11) is 1.79. The Bertz CT molecular complexity index is 283. The van der Waals surface area contributed by atoms with Crippen LogP contribution in [0.3, 0.4) is 0 Å². The van der Waals surface area contributed by atoms with Gasteiger partial charge in [0.2, 0.25) is 0 Å². The van der Waals surface area contributed by atoms with Crippen LogP contribution in [-0.2, 0) is 14.3 Å². The summed E-state index contributed by atoms with van der Waals surface area (Å²) in [6.07, 6.45) is 6.99. The second-order valence-corrected chi connectivity index (χ2v) is 6.11. The Morgan fingerprint density at radius 1 is 1.14 bits per heavy atom. The minimum absolute atomic E-state index is 0.0213. The predicted octanol–water partition coefficient (Wildman–Crippen LogP) is 3.68. The van der Waals surface area contributed by atoms with Crippen LogP contribution in [0.2, 0.25) is 0 Å². The molecule has 0 rings (SSSR count). The Balaban J connectivity index is 4.19. The SMILES string of the molecule is CCCCCCC(C)OC(C)CC(C)(NC)C(=O)OCC. The third kappa shape index (κ3) is 8.42. The number of carbonyl (C=O) groups is 1. The highest BCUT2D eigenvalue weighted by molar-refractivity contribution is 5.80. The predicted molar refractivity (Wildman–Crippen MR) is 87.5 cm³/mol. The Hall–Kier alpha value is -0.610. The molecule has 0 saturated carbocycles. The van der Waals surface area contributed by atoms with Crippen LogP contribution in [0.15, 0.2) is 0 Å². The van der Waals surface area contributed by atoms with Crippen molar-refractivity contribution in [3.8, 4) is 0 Å². The van der Waals surface area contributed by atoms with Gasteiger partial charge in [0.15, 0.2) is 0 Å². The van der Waals surface area contributed by atoms with Crippen molar-refractivity contribution >= 4 is 5.97 Å². The standard InChI is InChI=1S/C17H35NO3/c1-7-9-10-11-12-14(3)21-15(4)13-17(5,18-6)16(19)20-8-2/h14-15,18H,7-13H2,1-6H3. The van der Waals surface area contributed by atoms with E-state index in [-0.39, 0.29) is 18.2 Å². The van der Waals surface area contributed by atoms with Crippen molar-refractivity contribution in [1.82, 2.24) is 5.32 Å². The number of nitrogens with one attached hydrogen (secondary N) is 1. The number of carbonyl (C=O) groups excluding carboxylic acids is 1. The van der Waals surface area contributed by atoms with E-state index in [1.54, 1.807) is 7.05 Å². The molecule has 0 spiro atoms. The van der Waals surface area contributed by atoms with Gasteiger partial charge in [-0.3, -0.25) is 4.79 Å². The summed E-state index contributed by atoms with van der Waals surface area (Å²) >= 11 is 0. The van der Waals surface area contributed by atoms with Gasteiger partial charge >= 0.3 is 5.97 Å². The monoisotopic (exact) mass is 301 g/mol. The molecule has 0 heterocycles. The number of ether oxygens (including phenoxy) is 2. The first kappa shape index (κ1) is 20.4. The van der Waals surface area contributed by atoms with Crippen molar-refractivity contribution in [2.24, 2.45) is 0 Å². The fourth-order valence-electron chi connectivity index (χ4n) is 2.52. The largest absolute Gasteiger partial charge is 0.465 e. The summed E-state index contributed by atoms with van der Waals surface area (Å²) in [4.78, 5) is 12.0. The minimum Gasteiger partial charge on any atom is -0.465 e. The maximum Gasteiger partial charge on any atom is 0.326 e. The molecule has 4 nitrogen and oxygen atoms in total. The van der Waals surface area contributed by atoms with E-state index in [1.165, 1.54) is 25.7 Å². The van der Waals surface area contributed by atoms with Crippen LogP contribution >= 0.6 is 0 Å². The van der Waals surface area contributed by atoms with Crippen molar-refractivity contribution in [1.29, 1.82) is 0 Å². The van der Waals surface area contributed by atoms with Crippen molar-refractivity contribution in [2.45, 2.75) is 90.9 Å². The van der Waals surface area contributed by atoms with Crippen LogP contribution in [0.5, 0.6) is 0 Å². The van der Waals surface area contributed by atoms with Gasteiger partial charge in [0.1, 0.15) is 5.54 Å². The van der Waals surface area contributed by atoms with E-state index >= 15 is 0 Å². The molecule has 0 aliphatic heterocycles. The molecule has 0 fully saturated rings. The molecule has 3 atom stereocenters. The lowest BCUT2D eigenvalue weighted by molar-refractivity contribution is -0.152. The Morgan fingerprint density at radius 3 is 2.33 bits per heavy atom. The van der Waals surface area contributed by atoms with Crippen LogP contribution < -0.4 is 5.32 Å². The summed E-state index contributed by atoms with van der Waals surface area (Å²) in [5.41, 5.74) is -0.683. The molecule has 0 aromatic carbocycles. The van der Waals surface area contributed by atoms with Crippen LogP contribution in [0.4, 0.5) is 0 Å². The molecular formula is C17H35NO3. The van der Waals surface area contributed by atoms with Crippen LogP contribution in [0.25, 0.3) is 0 Å². The van der Waals surface area contributed by atoms with Gasteiger partial charge in [0.05, 0.1) is 18.8 Å². The lowest BCUT2D eigenvalue weighted by Crippen LogP contribution is -2.51. The second kappa shape index (κ2) is 11.0. The highest BCUT2D eigenvalue weighted by Gasteiger charge is 2.35. The molecule has 0 amide bonds. The average molecular weight is 301 g/mol. The second-order valence-electron chi connectivity index (χ2n) is 6.11. The maximum atomic E-state index is 12.0. The van der Waals surface area contributed by atoms with E-state index in [2.05, 4.69) is 19.2 Å². The number of rotatable bonds is 12. The fourth-order valence-corrected chi connectivity index (χ4v) is 2.52. The van der Waals surface area contributed by atoms with Crippen molar-refractivity contribution < 1.29 is 14.3 Å². The minimum atomic E-state index is -0.683. The zero-order valence-corrected chi connectivity index (χ0v) is 14.8. The molecule has 4 heteroatoms. The number of likely N-dealkylation sites (N-methyl/N-ethyl adjacent to an activating group) is 1. The molecule has 3 unspecified atom stereocenters. The Morgan fingerprint density at radius 2 is 1.81 bits per heavy atom. The molecule has 0 aliphatic carbocycles. The van der Waals surface area contributed by atoms with E-state index in [9.17, 15) is 4.79 Å². The highest BCUT2D eigenvalue weighted by atomic mass is 16.5. The van der Waals surface area contributed by atoms with Crippen LogP contribution in [0, 0.1) is 0 Å². The summed E-state index contributed by atoms with van der Waals surface area (Å²) in [5.74, 6) is -0.210.